The van der Waals surface area contributed by atoms with Gasteiger partial charge < -0.3 is 10.6 Å². The molecule has 4 rings (SSSR count). The number of amides is 1. The molecule has 0 saturated carbocycles. The number of hydrogen-bond acceptors (Lipinski definition) is 4. The van der Waals surface area contributed by atoms with Gasteiger partial charge in [0, 0.05) is 30.1 Å². The van der Waals surface area contributed by atoms with Crippen molar-refractivity contribution in [3.05, 3.63) is 102 Å². The maximum absolute atomic E-state index is 13.3. The largest absolute Gasteiger partial charge is 0.309 e. The fourth-order valence-electron chi connectivity index (χ4n) is 3.99. The lowest BCUT2D eigenvalue weighted by Gasteiger charge is -2.21. The van der Waals surface area contributed by atoms with Crippen LogP contribution in [-0.4, -0.2) is 27.2 Å². The van der Waals surface area contributed by atoms with E-state index in [-0.39, 0.29) is 17.4 Å². The minimum Gasteiger partial charge on any atom is -0.309 e. The number of carbonyl (C=O) groups excluding carboxylic acids is 1. The number of nitrogens with one attached hydrogen (secondary N) is 2. The van der Waals surface area contributed by atoms with Crippen LogP contribution in [0.2, 0.25) is 0 Å². The maximum Gasteiger partial charge on any atom is 0.247 e. The first-order valence-corrected chi connectivity index (χ1v) is 12.4. The van der Waals surface area contributed by atoms with Crippen LogP contribution < -0.4 is 10.6 Å². The van der Waals surface area contributed by atoms with E-state index in [2.05, 4.69) is 79.6 Å². The van der Waals surface area contributed by atoms with E-state index in [4.69, 9.17) is 0 Å². The van der Waals surface area contributed by atoms with Crippen molar-refractivity contribution in [2.24, 2.45) is 0 Å². The van der Waals surface area contributed by atoms with Crippen LogP contribution in [0.25, 0.3) is 11.1 Å². The molecule has 0 spiro atoms. The second kappa shape index (κ2) is 10.9. The molecule has 0 radical (unpaired) electrons. The maximum atomic E-state index is 13.3. The highest BCUT2D eigenvalue weighted by Gasteiger charge is 2.22. The molecule has 2 aromatic heterocycles. The van der Waals surface area contributed by atoms with Crippen LogP contribution in [-0.2, 0) is 10.3 Å². The van der Waals surface area contributed by atoms with Gasteiger partial charge in [-0.2, -0.15) is 5.10 Å². The first kappa shape index (κ1) is 25.3. The Morgan fingerprint density at radius 1 is 0.917 bits per heavy atom. The number of aryl methyl sites for hydroxylation is 1. The van der Waals surface area contributed by atoms with E-state index >= 15 is 0 Å². The Morgan fingerprint density at radius 3 is 2.25 bits per heavy atom. The summed E-state index contributed by atoms with van der Waals surface area (Å²) in [6.45, 7) is 11.2. The van der Waals surface area contributed by atoms with E-state index in [9.17, 15) is 4.79 Å². The highest BCUT2D eigenvalue weighted by atomic mass is 16.2. The third-order valence-corrected chi connectivity index (χ3v) is 6.29. The van der Waals surface area contributed by atoms with Gasteiger partial charge in [-0.1, -0.05) is 67.1 Å². The van der Waals surface area contributed by atoms with Crippen molar-refractivity contribution in [1.29, 1.82) is 0 Å². The lowest BCUT2D eigenvalue weighted by molar-refractivity contribution is -0.118. The number of pyridine rings is 1. The van der Waals surface area contributed by atoms with Gasteiger partial charge in [-0.25, -0.2) is 4.98 Å². The summed E-state index contributed by atoms with van der Waals surface area (Å²) in [5, 5.41) is 10.9. The summed E-state index contributed by atoms with van der Waals surface area (Å²) in [5.74, 6) is 0.635. The number of hydrogen-bond donors (Lipinski definition) is 2. The first-order valence-electron chi connectivity index (χ1n) is 12.4. The summed E-state index contributed by atoms with van der Waals surface area (Å²) in [6.07, 6.45) is 5.62. The van der Waals surface area contributed by atoms with Gasteiger partial charge in [0.25, 0.3) is 0 Å². The molecule has 0 unspecified atom stereocenters. The summed E-state index contributed by atoms with van der Waals surface area (Å²) in [5.41, 5.74) is 5.25. The van der Waals surface area contributed by atoms with Crippen LogP contribution in [0, 0.1) is 6.92 Å². The zero-order chi connectivity index (χ0) is 25.7. The minimum atomic E-state index is -0.495. The van der Waals surface area contributed by atoms with Gasteiger partial charge in [0.15, 0.2) is 0 Å². The van der Waals surface area contributed by atoms with Crippen molar-refractivity contribution >= 4 is 11.7 Å². The number of rotatable bonds is 8. The van der Waals surface area contributed by atoms with Crippen LogP contribution in [0.1, 0.15) is 56.3 Å². The Balaban J connectivity index is 1.46. The molecule has 0 aliphatic carbocycles. The Hall–Kier alpha value is -3.77. The monoisotopic (exact) mass is 481 g/mol. The van der Waals surface area contributed by atoms with Crippen molar-refractivity contribution < 1.29 is 4.79 Å². The SMILES string of the molecule is Cc1ccc([C@@H](C)CN[C@H](C(=O)Nc2ccc(-c3cnn(C(C)(C)C)c3)cn2)c2ccccc2)cc1. The summed E-state index contributed by atoms with van der Waals surface area (Å²) in [4.78, 5) is 17.8. The molecule has 4 aromatic rings. The molecule has 6 heteroatoms. The van der Waals surface area contributed by atoms with Crippen molar-refractivity contribution in [3.63, 3.8) is 0 Å². The fourth-order valence-corrected chi connectivity index (χ4v) is 3.99. The molecule has 2 aromatic carbocycles. The van der Waals surface area contributed by atoms with Gasteiger partial charge in [0.05, 0.1) is 11.7 Å². The Morgan fingerprint density at radius 2 is 1.64 bits per heavy atom. The molecule has 1 amide bonds. The second-order valence-electron chi connectivity index (χ2n) is 10.3. The summed E-state index contributed by atoms with van der Waals surface area (Å²) >= 11 is 0. The van der Waals surface area contributed by atoms with Crippen molar-refractivity contribution in [3.8, 4) is 11.1 Å². The minimum absolute atomic E-state index is 0.0873. The quantitative estimate of drug-likeness (QED) is 0.320. The summed E-state index contributed by atoms with van der Waals surface area (Å²) < 4.78 is 1.94. The van der Waals surface area contributed by atoms with Crippen LogP contribution in [0.4, 0.5) is 5.82 Å². The Kier molecular flexibility index (Phi) is 7.65. The number of carbonyl (C=O) groups is 1. The van der Waals surface area contributed by atoms with Gasteiger partial charge in [-0.05, 0) is 56.9 Å². The van der Waals surface area contributed by atoms with Gasteiger partial charge in [0.1, 0.15) is 11.9 Å². The highest BCUT2D eigenvalue weighted by Crippen LogP contribution is 2.23. The van der Waals surface area contributed by atoms with Crippen LogP contribution in [0.15, 0.2) is 85.3 Å². The van der Waals surface area contributed by atoms with E-state index in [0.29, 0.717) is 12.4 Å². The van der Waals surface area contributed by atoms with Crippen molar-refractivity contribution in [2.75, 3.05) is 11.9 Å². The second-order valence-corrected chi connectivity index (χ2v) is 10.3. The topological polar surface area (TPSA) is 71.8 Å². The molecule has 0 aliphatic heterocycles. The molecule has 2 atom stereocenters. The lowest BCUT2D eigenvalue weighted by atomic mass is 9.98. The Bertz CT molecular complexity index is 1270. The van der Waals surface area contributed by atoms with E-state index < -0.39 is 6.04 Å². The van der Waals surface area contributed by atoms with Gasteiger partial charge >= 0.3 is 0 Å². The fraction of sp³-hybridized carbons (Fsp3) is 0.300. The molecule has 6 nitrogen and oxygen atoms in total. The van der Waals surface area contributed by atoms with Crippen LogP contribution in [0.3, 0.4) is 0 Å². The van der Waals surface area contributed by atoms with E-state index in [1.54, 1.807) is 6.20 Å². The number of nitrogens with zero attached hydrogens (tertiary/aromatic N) is 3. The molecule has 0 aliphatic rings. The predicted octanol–water partition coefficient (Wildman–Crippen LogP) is 6.08. The van der Waals surface area contributed by atoms with Crippen LogP contribution >= 0.6 is 0 Å². The van der Waals surface area contributed by atoms with Gasteiger partial charge in [-0.3, -0.25) is 9.48 Å². The first-order chi connectivity index (χ1) is 17.2. The molecule has 2 N–H and O–H groups in total. The molecular weight excluding hydrogens is 446 g/mol. The van der Waals surface area contributed by atoms with Crippen molar-refractivity contribution in [1.82, 2.24) is 20.1 Å². The molecule has 186 valence electrons. The number of aromatic nitrogens is 3. The smallest absolute Gasteiger partial charge is 0.247 e. The highest BCUT2D eigenvalue weighted by molar-refractivity contribution is 5.95. The van der Waals surface area contributed by atoms with E-state index in [0.717, 1.165) is 16.7 Å². The average molecular weight is 482 g/mol. The molecule has 0 fully saturated rings. The molecule has 2 heterocycles. The van der Waals surface area contributed by atoms with E-state index in [1.807, 2.05) is 59.5 Å². The summed E-state index contributed by atoms with van der Waals surface area (Å²) in [7, 11) is 0. The van der Waals surface area contributed by atoms with Crippen molar-refractivity contribution in [2.45, 2.75) is 52.1 Å². The molecule has 36 heavy (non-hydrogen) atoms. The average Bonchev–Trinajstić information content (AvgIpc) is 3.37. The predicted molar refractivity (Wildman–Crippen MR) is 146 cm³/mol. The zero-order valence-electron chi connectivity index (χ0n) is 21.7. The van der Waals surface area contributed by atoms with Crippen LogP contribution in [0.5, 0.6) is 0 Å². The third-order valence-electron chi connectivity index (χ3n) is 6.29. The summed E-state index contributed by atoms with van der Waals surface area (Å²) in [6, 6.07) is 21.6. The molecule has 0 saturated heterocycles. The third kappa shape index (κ3) is 6.26. The molecule has 0 bridgehead atoms. The van der Waals surface area contributed by atoms with E-state index in [1.165, 1.54) is 11.1 Å². The number of anilines is 1. The van der Waals surface area contributed by atoms with Gasteiger partial charge in [-0.15, -0.1) is 0 Å². The number of benzene rings is 2. The Labute approximate surface area is 213 Å². The normalized spacial score (nSPS) is 13.2. The van der Waals surface area contributed by atoms with Gasteiger partial charge in [0.2, 0.25) is 5.91 Å². The molecular formula is C30H35N5O. The standard InChI is InChI=1S/C30H35N5O/c1-21-11-13-23(14-12-21)22(2)17-32-28(24-9-7-6-8-10-24)29(36)34-27-16-15-25(18-31-27)26-19-33-35(20-26)30(3,4)5/h6-16,18-20,22,28,32H,17H2,1-5H3,(H,31,34,36)/t22-,28-/m0/s1. The lowest BCUT2D eigenvalue weighted by Crippen LogP contribution is -2.35. The zero-order valence-corrected chi connectivity index (χ0v) is 21.7.